The van der Waals surface area contributed by atoms with Crippen LogP contribution < -0.4 is 5.32 Å². The Kier molecular flexibility index (Phi) is 6.71. The first-order valence-corrected chi connectivity index (χ1v) is 12.5. The van der Waals surface area contributed by atoms with Crippen molar-refractivity contribution in [3.8, 4) is 17.3 Å². The zero-order valence-corrected chi connectivity index (χ0v) is 21.1. The minimum absolute atomic E-state index is 0.0184. The molecule has 1 saturated heterocycles. The molecule has 1 fully saturated rings. The predicted molar refractivity (Wildman–Crippen MR) is 139 cm³/mol. The number of amides is 1. The second-order valence-electron chi connectivity index (χ2n) is 8.54. The maximum absolute atomic E-state index is 12.9. The summed E-state index contributed by atoms with van der Waals surface area (Å²) in [5.41, 5.74) is 3.41. The van der Waals surface area contributed by atoms with E-state index in [1.54, 1.807) is 35.0 Å². The van der Waals surface area contributed by atoms with E-state index in [0.717, 1.165) is 40.9 Å². The number of likely N-dealkylation sites (tertiary alicyclic amines) is 1. The van der Waals surface area contributed by atoms with Gasteiger partial charge in [-0.3, -0.25) is 4.79 Å². The molecule has 0 bridgehead atoms. The molecule has 3 heterocycles. The molecule has 0 spiro atoms. The van der Waals surface area contributed by atoms with Crippen LogP contribution in [0.5, 0.6) is 0 Å². The fourth-order valence-electron chi connectivity index (χ4n) is 4.36. The SMILES string of the molecule is N#Cc1cccc(C(=O)N2CCC(CNc3cc(-c4ccccc4Cl)nc4c(Br)cnn34)CC2)c1. The molecule has 2 aromatic heterocycles. The maximum Gasteiger partial charge on any atom is 0.253 e. The average Bonchev–Trinajstić information content (AvgIpc) is 3.28. The lowest BCUT2D eigenvalue weighted by molar-refractivity contribution is 0.0695. The number of halogens is 2. The van der Waals surface area contributed by atoms with E-state index in [-0.39, 0.29) is 5.91 Å². The molecule has 9 heteroatoms. The third-order valence-corrected chi connectivity index (χ3v) is 7.18. The Balaban J connectivity index is 1.28. The highest BCUT2D eigenvalue weighted by Gasteiger charge is 2.24. The monoisotopic (exact) mass is 548 g/mol. The summed E-state index contributed by atoms with van der Waals surface area (Å²) in [5.74, 6) is 1.23. The molecule has 1 N–H and O–H groups in total. The van der Waals surface area contributed by atoms with E-state index < -0.39 is 0 Å². The van der Waals surface area contributed by atoms with Crippen LogP contribution in [0.25, 0.3) is 16.9 Å². The lowest BCUT2D eigenvalue weighted by Gasteiger charge is -2.32. The van der Waals surface area contributed by atoms with Crippen LogP contribution in [0.1, 0.15) is 28.8 Å². The minimum Gasteiger partial charge on any atom is -0.370 e. The van der Waals surface area contributed by atoms with Gasteiger partial charge in [-0.25, -0.2) is 4.98 Å². The van der Waals surface area contributed by atoms with Crippen molar-refractivity contribution in [2.75, 3.05) is 25.0 Å². The molecule has 5 rings (SSSR count). The summed E-state index contributed by atoms with van der Waals surface area (Å²) >= 11 is 9.97. The van der Waals surface area contributed by atoms with Crippen molar-refractivity contribution in [1.29, 1.82) is 5.26 Å². The van der Waals surface area contributed by atoms with Crippen LogP contribution in [0, 0.1) is 17.2 Å². The Labute approximate surface area is 216 Å². The van der Waals surface area contributed by atoms with Gasteiger partial charge in [0.25, 0.3) is 5.91 Å². The lowest BCUT2D eigenvalue weighted by atomic mass is 9.96. The van der Waals surface area contributed by atoms with Gasteiger partial charge in [0.2, 0.25) is 0 Å². The Morgan fingerprint density at radius 1 is 1.17 bits per heavy atom. The molecule has 0 aliphatic carbocycles. The maximum atomic E-state index is 12.9. The van der Waals surface area contributed by atoms with Crippen molar-refractivity contribution in [2.24, 2.45) is 5.92 Å². The molecule has 1 aliphatic heterocycles. The van der Waals surface area contributed by atoms with Crippen LogP contribution in [-0.2, 0) is 0 Å². The van der Waals surface area contributed by atoms with Crippen LogP contribution >= 0.6 is 27.5 Å². The highest BCUT2D eigenvalue weighted by Crippen LogP contribution is 2.30. The van der Waals surface area contributed by atoms with E-state index in [2.05, 4.69) is 32.4 Å². The number of aromatic nitrogens is 3. The van der Waals surface area contributed by atoms with E-state index in [9.17, 15) is 4.79 Å². The minimum atomic E-state index is -0.0184. The largest absolute Gasteiger partial charge is 0.370 e. The number of anilines is 1. The molecule has 176 valence electrons. The van der Waals surface area contributed by atoms with Gasteiger partial charge in [0.15, 0.2) is 5.65 Å². The molecule has 4 aromatic rings. The second kappa shape index (κ2) is 10.1. The lowest BCUT2D eigenvalue weighted by Crippen LogP contribution is -2.40. The molecule has 1 aliphatic rings. The van der Waals surface area contributed by atoms with E-state index in [0.29, 0.717) is 40.8 Å². The average molecular weight is 550 g/mol. The Bertz CT molecular complexity index is 1440. The Hall–Kier alpha value is -3.41. The number of rotatable bonds is 5. The molecule has 0 radical (unpaired) electrons. The summed E-state index contributed by atoms with van der Waals surface area (Å²) < 4.78 is 2.59. The van der Waals surface area contributed by atoms with Crippen molar-refractivity contribution >= 4 is 44.9 Å². The number of nitrogens with one attached hydrogen (secondary N) is 1. The van der Waals surface area contributed by atoms with Crippen LogP contribution in [0.3, 0.4) is 0 Å². The number of hydrogen-bond donors (Lipinski definition) is 1. The number of nitriles is 1. The summed E-state index contributed by atoms with van der Waals surface area (Å²) in [6.07, 6.45) is 3.52. The highest BCUT2D eigenvalue weighted by molar-refractivity contribution is 9.10. The van der Waals surface area contributed by atoms with Crippen LogP contribution in [0.15, 0.2) is 65.3 Å². The molecular formula is C26H22BrClN6O. The summed E-state index contributed by atoms with van der Waals surface area (Å²) in [7, 11) is 0. The third-order valence-electron chi connectivity index (χ3n) is 6.29. The molecular weight excluding hydrogens is 528 g/mol. The van der Waals surface area contributed by atoms with Gasteiger partial charge in [0, 0.05) is 41.9 Å². The van der Waals surface area contributed by atoms with Gasteiger partial charge in [0.05, 0.1) is 28.0 Å². The molecule has 1 amide bonds. The number of fused-ring (bicyclic) bond motifs is 1. The zero-order valence-electron chi connectivity index (χ0n) is 18.8. The van der Waals surface area contributed by atoms with Gasteiger partial charge in [-0.1, -0.05) is 35.9 Å². The van der Waals surface area contributed by atoms with Gasteiger partial charge in [-0.2, -0.15) is 14.9 Å². The number of benzene rings is 2. The first-order valence-electron chi connectivity index (χ1n) is 11.4. The van der Waals surface area contributed by atoms with Crippen molar-refractivity contribution in [1.82, 2.24) is 19.5 Å². The van der Waals surface area contributed by atoms with Crippen molar-refractivity contribution in [2.45, 2.75) is 12.8 Å². The third kappa shape index (κ3) is 4.88. The zero-order chi connectivity index (χ0) is 24.4. The van der Waals surface area contributed by atoms with E-state index in [1.165, 1.54) is 0 Å². The molecule has 2 aromatic carbocycles. The van der Waals surface area contributed by atoms with E-state index in [1.807, 2.05) is 35.2 Å². The van der Waals surface area contributed by atoms with Crippen LogP contribution in [0.4, 0.5) is 5.82 Å². The fourth-order valence-corrected chi connectivity index (χ4v) is 4.94. The van der Waals surface area contributed by atoms with Gasteiger partial charge >= 0.3 is 0 Å². The molecule has 35 heavy (non-hydrogen) atoms. The molecule has 7 nitrogen and oxygen atoms in total. The van der Waals surface area contributed by atoms with Gasteiger partial charge in [-0.05, 0) is 59.0 Å². The number of piperidine rings is 1. The van der Waals surface area contributed by atoms with Crippen molar-refractivity contribution in [3.63, 3.8) is 0 Å². The Morgan fingerprint density at radius 2 is 1.97 bits per heavy atom. The quantitative estimate of drug-likeness (QED) is 0.348. The molecule has 0 atom stereocenters. The first-order chi connectivity index (χ1) is 17.0. The smallest absolute Gasteiger partial charge is 0.253 e. The number of nitrogens with zero attached hydrogens (tertiary/aromatic N) is 5. The highest BCUT2D eigenvalue weighted by atomic mass is 79.9. The van der Waals surface area contributed by atoms with Crippen molar-refractivity contribution < 1.29 is 4.79 Å². The summed E-state index contributed by atoms with van der Waals surface area (Å²) in [6, 6.07) is 18.6. The summed E-state index contributed by atoms with van der Waals surface area (Å²) in [4.78, 5) is 19.5. The number of hydrogen-bond acceptors (Lipinski definition) is 5. The second-order valence-corrected chi connectivity index (χ2v) is 9.81. The van der Waals surface area contributed by atoms with Gasteiger partial charge in [0.1, 0.15) is 5.82 Å². The first kappa shape index (κ1) is 23.3. The van der Waals surface area contributed by atoms with Gasteiger partial charge < -0.3 is 10.2 Å². The number of carbonyl (C=O) groups excluding carboxylic acids is 1. The topological polar surface area (TPSA) is 86.3 Å². The molecule has 0 saturated carbocycles. The van der Waals surface area contributed by atoms with E-state index in [4.69, 9.17) is 21.8 Å². The summed E-state index contributed by atoms with van der Waals surface area (Å²) in [6.45, 7) is 2.13. The van der Waals surface area contributed by atoms with Crippen LogP contribution in [0.2, 0.25) is 5.02 Å². The molecule has 0 unspecified atom stereocenters. The Morgan fingerprint density at radius 3 is 2.74 bits per heavy atom. The van der Waals surface area contributed by atoms with E-state index >= 15 is 0 Å². The number of carbonyl (C=O) groups is 1. The van der Waals surface area contributed by atoms with Gasteiger partial charge in [-0.15, -0.1) is 0 Å². The summed E-state index contributed by atoms with van der Waals surface area (Å²) in [5, 5.41) is 17.8. The predicted octanol–water partition coefficient (Wildman–Crippen LogP) is 5.65. The van der Waals surface area contributed by atoms with Crippen molar-refractivity contribution in [3.05, 3.63) is 81.4 Å². The van der Waals surface area contributed by atoms with Crippen LogP contribution in [-0.4, -0.2) is 45.0 Å². The standard InChI is InChI=1S/C26H22BrClN6O/c27-21-16-31-34-24(13-23(32-25(21)34)20-6-1-2-7-22(20)28)30-15-17-8-10-33(11-9-17)26(35)19-5-3-4-18(12-19)14-29/h1-7,12-13,16-17,30H,8-11,15H2. The normalized spacial score (nSPS) is 14.1. The fraction of sp³-hybridized carbons (Fsp3) is 0.231.